The molecule has 0 radical (unpaired) electrons. The fourth-order valence-electron chi connectivity index (χ4n) is 3.54. The molecule has 2 aromatic carbocycles. The van der Waals surface area contributed by atoms with Gasteiger partial charge in [-0.05, 0) is 62.4 Å². The van der Waals surface area contributed by atoms with Crippen LogP contribution in [0.1, 0.15) is 27.3 Å². The first-order valence-electron chi connectivity index (χ1n) is 9.55. The van der Waals surface area contributed by atoms with Gasteiger partial charge >= 0.3 is 0 Å². The Balaban J connectivity index is 1.55. The van der Waals surface area contributed by atoms with E-state index in [9.17, 15) is 4.79 Å². The molecule has 2 heterocycles. The van der Waals surface area contributed by atoms with E-state index in [1.807, 2.05) is 91.5 Å². The number of aryl methyl sites for hydroxylation is 1. The van der Waals surface area contributed by atoms with Gasteiger partial charge in [0.25, 0.3) is 5.91 Å². The number of benzene rings is 2. The van der Waals surface area contributed by atoms with Gasteiger partial charge in [-0.1, -0.05) is 29.8 Å². The van der Waals surface area contributed by atoms with Gasteiger partial charge < -0.3 is 9.13 Å². The van der Waals surface area contributed by atoms with Crippen molar-refractivity contribution in [1.82, 2.24) is 14.6 Å². The van der Waals surface area contributed by atoms with Crippen LogP contribution in [0.15, 0.2) is 84.2 Å². The van der Waals surface area contributed by atoms with Crippen LogP contribution in [0.3, 0.4) is 0 Å². The highest BCUT2D eigenvalue weighted by atomic mass is 35.5. The highest BCUT2D eigenvalue weighted by molar-refractivity contribution is 6.30. The Kier molecular flexibility index (Phi) is 5.55. The first kappa shape index (κ1) is 19.7. The average Bonchev–Trinajstić information content (AvgIpc) is 3.36. The summed E-state index contributed by atoms with van der Waals surface area (Å²) in [5, 5.41) is 4.88. The third kappa shape index (κ3) is 3.93. The van der Waals surface area contributed by atoms with Crippen LogP contribution in [-0.2, 0) is 0 Å². The van der Waals surface area contributed by atoms with Gasteiger partial charge in [0.15, 0.2) is 0 Å². The standard InChI is InChI=1S/C24H21ClN4O/c1-17-14-19(18(2)29(17)21-9-7-8-20(25)15-21)16-26-27-24(30)22-10-3-4-11-23(22)28-12-5-6-13-28/h3-16H,1-2H3,(H,27,30)/b26-16-. The van der Waals surface area contributed by atoms with Crippen LogP contribution in [0.4, 0.5) is 0 Å². The van der Waals surface area contributed by atoms with Gasteiger partial charge in [0.2, 0.25) is 0 Å². The van der Waals surface area contributed by atoms with E-state index < -0.39 is 0 Å². The van der Waals surface area contributed by atoms with Gasteiger partial charge in [0, 0.05) is 40.1 Å². The van der Waals surface area contributed by atoms with Crippen molar-refractivity contribution in [2.24, 2.45) is 5.10 Å². The number of hydrogen-bond donors (Lipinski definition) is 1. The Bertz CT molecular complexity index is 1220. The molecule has 0 aliphatic rings. The van der Waals surface area contributed by atoms with E-state index in [1.165, 1.54) is 0 Å². The lowest BCUT2D eigenvalue weighted by atomic mass is 10.1. The fraction of sp³-hybridized carbons (Fsp3) is 0.0833. The summed E-state index contributed by atoms with van der Waals surface area (Å²) in [6.45, 7) is 4.04. The molecule has 0 saturated heterocycles. The monoisotopic (exact) mass is 416 g/mol. The van der Waals surface area contributed by atoms with Crippen molar-refractivity contribution in [3.8, 4) is 11.4 Å². The maximum Gasteiger partial charge on any atom is 0.273 e. The van der Waals surface area contributed by atoms with Gasteiger partial charge in [-0.3, -0.25) is 4.79 Å². The number of hydrazone groups is 1. The summed E-state index contributed by atoms with van der Waals surface area (Å²) in [6.07, 6.45) is 5.47. The van der Waals surface area contributed by atoms with Crippen molar-refractivity contribution in [2.45, 2.75) is 13.8 Å². The molecule has 0 saturated carbocycles. The minimum atomic E-state index is -0.265. The third-order valence-electron chi connectivity index (χ3n) is 4.94. The molecule has 0 unspecified atom stereocenters. The topological polar surface area (TPSA) is 51.3 Å². The Morgan fingerprint density at radius 3 is 2.53 bits per heavy atom. The summed E-state index contributed by atoms with van der Waals surface area (Å²) in [6, 6.07) is 21.0. The zero-order chi connectivity index (χ0) is 21.1. The summed E-state index contributed by atoms with van der Waals surface area (Å²) in [5.41, 5.74) is 7.97. The molecular formula is C24H21ClN4O. The molecular weight excluding hydrogens is 396 g/mol. The molecule has 1 N–H and O–H groups in total. The summed E-state index contributed by atoms with van der Waals surface area (Å²) in [4.78, 5) is 12.7. The van der Waals surface area contributed by atoms with Crippen molar-refractivity contribution in [3.05, 3.63) is 107 Å². The number of rotatable bonds is 5. The molecule has 0 bridgehead atoms. The van der Waals surface area contributed by atoms with E-state index in [2.05, 4.69) is 15.1 Å². The van der Waals surface area contributed by atoms with Gasteiger partial charge in [0.1, 0.15) is 0 Å². The number of carbonyl (C=O) groups is 1. The van der Waals surface area contributed by atoms with Crippen LogP contribution in [0.2, 0.25) is 5.02 Å². The number of halogens is 1. The molecule has 30 heavy (non-hydrogen) atoms. The molecule has 4 aromatic rings. The van der Waals surface area contributed by atoms with E-state index in [0.717, 1.165) is 28.3 Å². The maximum absolute atomic E-state index is 12.7. The lowest BCUT2D eigenvalue weighted by molar-refractivity contribution is 0.0955. The number of hydrogen-bond acceptors (Lipinski definition) is 2. The molecule has 0 atom stereocenters. The van der Waals surface area contributed by atoms with Crippen molar-refractivity contribution < 1.29 is 4.79 Å². The predicted molar refractivity (Wildman–Crippen MR) is 121 cm³/mol. The number of carbonyl (C=O) groups excluding carboxylic acids is 1. The highest BCUT2D eigenvalue weighted by Crippen LogP contribution is 2.22. The summed E-state index contributed by atoms with van der Waals surface area (Å²) in [7, 11) is 0. The number of para-hydroxylation sites is 1. The molecule has 150 valence electrons. The molecule has 0 spiro atoms. The second kappa shape index (κ2) is 8.43. The molecule has 4 rings (SSSR count). The first-order chi connectivity index (χ1) is 14.5. The zero-order valence-electron chi connectivity index (χ0n) is 16.7. The second-order valence-corrected chi connectivity index (χ2v) is 7.38. The van der Waals surface area contributed by atoms with Crippen LogP contribution < -0.4 is 5.43 Å². The number of aromatic nitrogens is 2. The van der Waals surface area contributed by atoms with Crippen LogP contribution in [-0.4, -0.2) is 21.3 Å². The third-order valence-corrected chi connectivity index (χ3v) is 5.17. The SMILES string of the molecule is Cc1cc(/C=N\NC(=O)c2ccccc2-n2cccc2)c(C)n1-c1cccc(Cl)c1. The van der Waals surface area contributed by atoms with E-state index in [-0.39, 0.29) is 5.91 Å². The van der Waals surface area contributed by atoms with Crippen molar-refractivity contribution >= 4 is 23.7 Å². The summed E-state index contributed by atoms with van der Waals surface area (Å²) >= 11 is 6.14. The average molecular weight is 417 g/mol. The Morgan fingerprint density at radius 2 is 1.77 bits per heavy atom. The van der Waals surface area contributed by atoms with E-state index >= 15 is 0 Å². The minimum Gasteiger partial charge on any atom is -0.323 e. The molecule has 5 nitrogen and oxygen atoms in total. The van der Waals surface area contributed by atoms with Crippen molar-refractivity contribution in [2.75, 3.05) is 0 Å². The predicted octanol–water partition coefficient (Wildman–Crippen LogP) is 5.30. The Labute approximate surface area is 180 Å². The summed E-state index contributed by atoms with van der Waals surface area (Å²) in [5.74, 6) is -0.265. The molecule has 0 aliphatic carbocycles. The van der Waals surface area contributed by atoms with Gasteiger partial charge in [0.05, 0.1) is 17.5 Å². The summed E-state index contributed by atoms with van der Waals surface area (Å²) < 4.78 is 4.01. The van der Waals surface area contributed by atoms with Gasteiger partial charge in [-0.15, -0.1) is 0 Å². The smallest absolute Gasteiger partial charge is 0.273 e. The van der Waals surface area contributed by atoms with Gasteiger partial charge in [-0.2, -0.15) is 5.10 Å². The lowest BCUT2D eigenvalue weighted by Gasteiger charge is -2.10. The van der Waals surface area contributed by atoms with Crippen LogP contribution in [0, 0.1) is 13.8 Å². The van der Waals surface area contributed by atoms with Crippen molar-refractivity contribution in [1.29, 1.82) is 0 Å². The van der Waals surface area contributed by atoms with Crippen LogP contribution >= 0.6 is 11.6 Å². The normalized spacial score (nSPS) is 11.2. The van der Waals surface area contributed by atoms with Crippen molar-refractivity contribution in [3.63, 3.8) is 0 Å². The van der Waals surface area contributed by atoms with E-state index in [0.29, 0.717) is 10.6 Å². The van der Waals surface area contributed by atoms with Crippen LogP contribution in [0.25, 0.3) is 11.4 Å². The molecule has 6 heteroatoms. The fourth-order valence-corrected chi connectivity index (χ4v) is 3.72. The molecule has 2 aromatic heterocycles. The number of nitrogens with zero attached hydrogens (tertiary/aromatic N) is 3. The number of amides is 1. The zero-order valence-corrected chi connectivity index (χ0v) is 17.5. The molecule has 1 amide bonds. The van der Waals surface area contributed by atoms with E-state index in [1.54, 1.807) is 12.3 Å². The Morgan fingerprint density at radius 1 is 1.00 bits per heavy atom. The second-order valence-electron chi connectivity index (χ2n) is 6.95. The lowest BCUT2D eigenvalue weighted by Crippen LogP contribution is -2.19. The van der Waals surface area contributed by atoms with Gasteiger partial charge in [-0.25, -0.2) is 5.43 Å². The first-order valence-corrected chi connectivity index (χ1v) is 9.93. The highest BCUT2D eigenvalue weighted by Gasteiger charge is 2.12. The molecule has 0 aliphatic heterocycles. The maximum atomic E-state index is 12.7. The van der Waals surface area contributed by atoms with Crippen LogP contribution in [0.5, 0.6) is 0 Å². The Hall–Kier alpha value is -3.57. The molecule has 0 fully saturated rings. The quantitative estimate of drug-likeness (QED) is 0.348. The van der Waals surface area contributed by atoms with E-state index in [4.69, 9.17) is 11.6 Å². The number of nitrogens with one attached hydrogen (secondary N) is 1. The minimum absolute atomic E-state index is 0.265. The largest absolute Gasteiger partial charge is 0.323 e.